The summed E-state index contributed by atoms with van der Waals surface area (Å²) in [7, 11) is 3.05. The van der Waals surface area contributed by atoms with Gasteiger partial charge in [-0.25, -0.2) is 4.98 Å². The molecule has 0 aliphatic rings. The van der Waals surface area contributed by atoms with Gasteiger partial charge in [-0.15, -0.1) is 0 Å². The SMILES string of the molecule is COc1ccc(CNc2n[nH]c3nc(C)cc(C(F)(F)F)c23)c(OC)c1. The van der Waals surface area contributed by atoms with E-state index in [4.69, 9.17) is 9.47 Å². The van der Waals surface area contributed by atoms with Gasteiger partial charge in [-0.05, 0) is 25.1 Å². The number of benzene rings is 1. The smallest absolute Gasteiger partial charge is 0.417 e. The minimum atomic E-state index is -4.51. The number of fused-ring (bicyclic) bond motifs is 1. The Morgan fingerprint density at radius 2 is 1.92 bits per heavy atom. The fraction of sp³-hybridized carbons (Fsp3) is 0.294. The first-order valence-corrected chi connectivity index (χ1v) is 7.71. The minimum Gasteiger partial charge on any atom is -0.497 e. The second kappa shape index (κ2) is 6.74. The molecule has 0 saturated carbocycles. The number of aromatic amines is 1. The molecule has 0 saturated heterocycles. The first kappa shape index (κ1) is 17.8. The van der Waals surface area contributed by atoms with Gasteiger partial charge < -0.3 is 14.8 Å². The van der Waals surface area contributed by atoms with Crippen molar-refractivity contribution in [2.75, 3.05) is 19.5 Å². The molecular formula is C17H17F3N4O2. The van der Waals surface area contributed by atoms with Gasteiger partial charge in [-0.2, -0.15) is 18.3 Å². The molecule has 9 heteroatoms. The highest BCUT2D eigenvalue weighted by Gasteiger charge is 2.35. The maximum Gasteiger partial charge on any atom is 0.417 e. The van der Waals surface area contributed by atoms with Crippen molar-refractivity contribution in [2.24, 2.45) is 0 Å². The van der Waals surface area contributed by atoms with E-state index < -0.39 is 11.7 Å². The summed E-state index contributed by atoms with van der Waals surface area (Å²) < 4.78 is 50.6. The number of hydrogen-bond acceptors (Lipinski definition) is 5. The zero-order chi connectivity index (χ0) is 18.9. The number of H-pyrrole nitrogens is 1. The lowest BCUT2D eigenvalue weighted by Gasteiger charge is -2.12. The summed E-state index contributed by atoms with van der Waals surface area (Å²) in [6.45, 7) is 1.73. The number of anilines is 1. The van der Waals surface area contributed by atoms with Crippen LogP contribution in [-0.4, -0.2) is 29.4 Å². The molecule has 2 heterocycles. The molecule has 2 aromatic heterocycles. The van der Waals surface area contributed by atoms with E-state index in [1.807, 2.05) is 0 Å². The molecule has 0 bridgehead atoms. The van der Waals surface area contributed by atoms with Crippen LogP contribution in [0.4, 0.5) is 19.0 Å². The van der Waals surface area contributed by atoms with Crippen molar-refractivity contribution in [1.29, 1.82) is 0 Å². The van der Waals surface area contributed by atoms with Gasteiger partial charge in [0.1, 0.15) is 11.5 Å². The second-order valence-electron chi connectivity index (χ2n) is 5.64. The summed E-state index contributed by atoms with van der Waals surface area (Å²) in [6.07, 6.45) is -4.51. The van der Waals surface area contributed by atoms with E-state index in [1.54, 1.807) is 18.2 Å². The van der Waals surface area contributed by atoms with Gasteiger partial charge in [0.2, 0.25) is 0 Å². The van der Waals surface area contributed by atoms with Crippen LogP contribution >= 0.6 is 0 Å². The van der Waals surface area contributed by atoms with Crippen molar-refractivity contribution < 1.29 is 22.6 Å². The number of nitrogens with one attached hydrogen (secondary N) is 2. The maximum absolute atomic E-state index is 13.4. The fourth-order valence-corrected chi connectivity index (χ4v) is 2.69. The van der Waals surface area contributed by atoms with Crippen molar-refractivity contribution >= 4 is 16.9 Å². The molecule has 6 nitrogen and oxygen atoms in total. The standard InChI is InChI=1S/C17H17F3N4O2/c1-9-6-12(17(18,19)20)14-15(23-24-16(14)22-9)21-8-10-4-5-11(25-2)7-13(10)26-3/h4-7H,8H2,1-3H3,(H2,21,22,23,24). The van der Waals surface area contributed by atoms with Crippen molar-refractivity contribution in [3.05, 3.63) is 41.1 Å². The van der Waals surface area contributed by atoms with Crippen LogP contribution in [0.25, 0.3) is 11.0 Å². The van der Waals surface area contributed by atoms with Gasteiger partial charge >= 0.3 is 6.18 Å². The molecule has 0 atom stereocenters. The zero-order valence-corrected chi connectivity index (χ0v) is 14.4. The van der Waals surface area contributed by atoms with Crippen LogP contribution in [0.3, 0.4) is 0 Å². The zero-order valence-electron chi connectivity index (χ0n) is 14.4. The average Bonchev–Trinajstić information content (AvgIpc) is 3.00. The highest BCUT2D eigenvalue weighted by molar-refractivity contribution is 5.91. The Balaban J connectivity index is 1.95. The van der Waals surface area contributed by atoms with Gasteiger partial charge in [0.25, 0.3) is 0 Å². The summed E-state index contributed by atoms with van der Waals surface area (Å²) in [5.74, 6) is 1.26. The van der Waals surface area contributed by atoms with Crippen LogP contribution < -0.4 is 14.8 Å². The Kier molecular flexibility index (Phi) is 4.62. The van der Waals surface area contributed by atoms with E-state index in [9.17, 15) is 13.2 Å². The Labute approximate surface area is 147 Å². The number of aromatic nitrogens is 3. The molecule has 0 aliphatic carbocycles. The molecule has 0 unspecified atom stereocenters. The topological polar surface area (TPSA) is 72.1 Å². The third-order valence-corrected chi connectivity index (χ3v) is 3.90. The maximum atomic E-state index is 13.4. The van der Waals surface area contributed by atoms with E-state index in [1.165, 1.54) is 21.1 Å². The molecule has 3 rings (SSSR count). The summed E-state index contributed by atoms with van der Waals surface area (Å²) in [5.41, 5.74) is 0.314. The third kappa shape index (κ3) is 3.37. The highest BCUT2D eigenvalue weighted by Crippen LogP contribution is 2.37. The molecule has 0 fully saturated rings. The molecule has 0 radical (unpaired) electrons. The van der Waals surface area contributed by atoms with Crippen LogP contribution in [0.5, 0.6) is 11.5 Å². The van der Waals surface area contributed by atoms with Gasteiger partial charge in [-0.3, -0.25) is 5.10 Å². The van der Waals surface area contributed by atoms with Crippen LogP contribution in [0.2, 0.25) is 0 Å². The van der Waals surface area contributed by atoms with E-state index in [2.05, 4.69) is 20.5 Å². The Morgan fingerprint density at radius 3 is 2.58 bits per heavy atom. The summed E-state index contributed by atoms with van der Waals surface area (Å²) in [5, 5.41) is 9.34. The number of nitrogens with zero attached hydrogens (tertiary/aromatic N) is 2. The molecule has 2 N–H and O–H groups in total. The molecule has 26 heavy (non-hydrogen) atoms. The summed E-state index contributed by atoms with van der Waals surface area (Å²) in [4.78, 5) is 4.08. The number of halogens is 3. The molecule has 0 amide bonds. The van der Waals surface area contributed by atoms with E-state index >= 15 is 0 Å². The van der Waals surface area contributed by atoms with Crippen LogP contribution in [-0.2, 0) is 12.7 Å². The quantitative estimate of drug-likeness (QED) is 0.716. The number of hydrogen-bond donors (Lipinski definition) is 2. The van der Waals surface area contributed by atoms with Crippen LogP contribution in [0, 0.1) is 6.92 Å². The number of rotatable bonds is 5. The first-order valence-electron chi connectivity index (χ1n) is 7.71. The normalized spacial score (nSPS) is 11.6. The minimum absolute atomic E-state index is 0.0812. The highest BCUT2D eigenvalue weighted by atomic mass is 19.4. The monoisotopic (exact) mass is 366 g/mol. The van der Waals surface area contributed by atoms with Crippen molar-refractivity contribution in [3.63, 3.8) is 0 Å². The number of alkyl halides is 3. The predicted molar refractivity (Wildman–Crippen MR) is 90.5 cm³/mol. The number of pyridine rings is 1. The lowest BCUT2D eigenvalue weighted by Crippen LogP contribution is -2.09. The van der Waals surface area contributed by atoms with Crippen molar-refractivity contribution in [1.82, 2.24) is 15.2 Å². The Hall–Kier alpha value is -2.97. The van der Waals surface area contributed by atoms with Crippen LogP contribution in [0.15, 0.2) is 24.3 Å². The van der Waals surface area contributed by atoms with Gasteiger partial charge in [0, 0.05) is 23.9 Å². The van der Waals surface area contributed by atoms with Gasteiger partial charge in [0.15, 0.2) is 11.5 Å². The van der Waals surface area contributed by atoms with Crippen LogP contribution in [0.1, 0.15) is 16.8 Å². The molecule has 1 aromatic carbocycles. The lowest BCUT2D eigenvalue weighted by atomic mass is 10.1. The lowest BCUT2D eigenvalue weighted by molar-refractivity contribution is -0.136. The summed E-state index contributed by atoms with van der Waals surface area (Å²) >= 11 is 0. The molecule has 0 spiro atoms. The second-order valence-corrected chi connectivity index (χ2v) is 5.64. The number of ether oxygens (including phenoxy) is 2. The summed E-state index contributed by atoms with van der Waals surface area (Å²) in [6, 6.07) is 6.23. The van der Waals surface area contributed by atoms with E-state index in [-0.39, 0.29) is 29.1 Å². The fourth-order valence-electron chi connectivity index (χ4n) is 2.69. The average molecular weight is 366 g/mol. The largest absolute Gasteiger partial charge is 0.497 e. The number of aryl methyl sites for hydroxylation is 1. The Bertz CT molecular complexity index is 938. The molecule has 3 aromatic rings. The van der Waals surface area contributed by atoms with Gasteiger partial charge in [0.05, 0.1) is 25.2 Å². The molecular weight excluding hydrogens is 349 g/mol. The van der Waals surface area contributed by atoms with E-state index in [0.717, 1.165) is 11.6 Å². The first-order chi connectivity index (χ1) is 12.3. The number of methoxy groups -OCH3 is 2. The van der Waals surface area contributed by atoms with Crippen molar-refractivity contribution in [3.8, 4) is 11.5 Å². The van der Waals surface area contributed by atoms with E-state index in [0.29, 0.717) is 11.5 Å². The van der Waals surface area contributed by atoms with Gasteiger partial charge in [-0.1, -0.05) is 0 Å². The predicted octanol–water partition coefficient (Wildman–Crippen LogP) is 3.91. The van der Waals surface area contributed by atoms with Crippen molar-refractivity contribution in [2.45, 2.75) is 19.6 Å². The third-order valence-electron chi connectivity index (χ3n) is 3.90. The molecule has 138 valence electrons. The Morgan fingerprint density at radius 1 is 1.15 bits per heavy atom. The molecule has 0 aliphatic heterocycles.